The van der Waals surface area contributed by atoms with Crippen LogP contribution in [0.5, 0.6) is 0 Å². The van der Waals surface area contributed by atoms with Crippen LogP contribution in [0.4, 0.5) is 0 Å². The highest BCUT2D eigenvalue weighted by Crippen LogP contribution is 2.52. The fourth-order valence-electron chi connectivity index (χ4n) is 6.12. The van der Waals surface area contributed by atoms with Crippen LogP contribution < -0.4 is 10.6 Å². The van der Waals surface area contributed by atoms with Crippen molar-refractivity contribution >= 4 is 29.9 Å². The number of rotatable bonds is 4. The van der Waals surface area contributed by atoms with Gasteiger partial charge in [0.25, 0.3) is 0 Å². The van der Waals surface area contributed by atoms with E-state index in [9.17, 15) is 0 Å². The number of aliphatic imine (C=N–C) groups is 1. The molecule has 5 nitrogen and oxygen atoms in total. The number of fused-ring (bicyclic) bond motifs is 1. The molecule has 0 aromatic carbocycles. The lowest BCUT2D eigenvalue weighted by Gasteiger charge is -2.55. The summed E-state index contributed by atoms with van der Waals surface area (Å²) in [4.78, 5) is 7.24. The number of likely N-dealkylation sites (tertiary alicyclic amines) is 1. The third kappa shape index (κ3) is 4.80. The van der Waals surface area contributed by atoms with Crippen LogP contribution in [-0.2, 0) is 4.74 Å². The van der Waals surface area contributed by atoms with E-state index in [1.165, 1.54) is 71.0 Å². The topological polar surface area (TPSA) is 48.9 Å². The Labute approximate surface area is 188 Å². The Morgan fingerprint density at radius 1 is 1.04 bits per heavy atom. The molecular weight excluding hydrogens is 463 g/mol. The van der Waals surface area contributed by atoms with Crippen molar-refractivity contribution in [2.24, 2.45) is 22.2 Å². The molecule has 2 N–H and O–H groups in total. The Morgan fingerprint density at radius 2 is 1.75 bits per heavy atom. The van der Waals surface area contributed by atoms with E-state index in [0.717, 1.165) is 18.5 Å². The number of piperidine rings is 1. The Morgan fingerprint density at radius 3 is 2.43 bits per heavy atom. The molecule has 0 spiro atoms. The SMILES string of the molecule is CN=C(NC1CCN(CC2CCCCC2)CC1)NC1C2CCOC2C1(C)C.I. The van der Waals surface area contributed by atoms with Crippen molar-refractivity contribution in [2.75, 3.05) is 33.3 Å². The number of hydrogen-bond donors (Lipinski definition) is 2. The number of guanidine groups is 1. The zero-order valence-electron chi connectivity index (χ0n) is 18.1. The van der Waals surface area contributed by atoms with Gasteiger partial charge in [0.15, 0.2) is 5.96 Å². The minimum atomic E-state index is 0. The van der Waals surface area contributed by atoms with Crippen molar-refractivity contribution in [1.29, 1.82) is 0 Å². The van der Waals surface area contributed by atoms with Crippen molar-refractivity contribution < 1.29 is 4.74 Å². The second kappa shape index (κ2) is 9.82. The van der Waals surface area contributed by atoms with Gasteiger partial charge in [-0.3, -0.25) is 4.99 Å². The summed E-state index contributed by atoms with van der Waals surface area (Å²) < 4.78 is 5.93. The van der Waals surface area contributed by atoms with E-state index in [2.05, 4.69) is 34.4 Å². The van der Waals surface area contributed by atoms with Crippen molar-refractivity contribution in [3.8, 4) is 0 Å². The van der Waals surface area contributed by atoms with E-state index in [1.807, 2.05) is 7.05 Å². The smallest absolute Gasteiger partial charge is 0.191 e. The average molecular weight is 505 g/mol. The van der Waals surface area contributed by atoms with Gasteiger partial charge in [-0.15, -0.1) is 24.0 Å². The first-order chi connectivity index (χ1) is 13.1. The van der Waals surface area contributed by atoms with Gasteiger partial charge in [0.2, 0.25) is 0 Å². The molecule has 2 aliphatic heterocycles. The fourth-order valence-corrected chi connectivity index (χ4v) is 6.12. The van der Waals surface area contributed by atoms with Crippen LogP contribution in [0.3, 0.4) is 0 Å². The van der Waals surface area contributed by atoms with Crippen LogP contribution in [0, 0.1) is 17.3 Å². The predicted molar refractivity (Wildman–Crippen MR) is 126 cm³/mol. The highest BCUT2D eigenvalue weighted by molar-refractivity contribution is 14.0. The lowest BCUT2D eigenvalue weighted by molar-refractivity contribution is -0.106. The molecule has 28 heavy (non-hydrogen) atoms. The first-order valence-electron chi connectivity index (χ1n) is 11.4. The van der Waals surface area contributed by atoms with Gasteiger partial charge in [0, 0.05) is 56.7 Å². The zero-order valence-corrected chi connectivity index (χ0v) is 20.4. The largest absolute Gasteiger partial charge is 0.377 e. The van der Waals surface area contributed by atoms with Crippen molar-refractivity contribution in [1.82, 2.24) is 15.5 Å². The third-order valence-electron chi connectivity index (χ3n) is 7.79. The van der Waals surface area contributed by atoms with E-state index in [4.69, 9.17) is 4.74 Å². The van der Waals surface area contributed by atoms with Crippen LogP contribution in [0.2, 0.25) is 0 Å². The summed E-state index contributed by atoms with van der Waals surface area (Å²) in [6, 6.07) is 1.03. The molecule has 0 radical (unpaired) electrons. The number of nitrogens with one attached hydrogen (secondary N) is 2. The molecule has 4 fully saturated rings. The zero-order chi connectivity index (χ0) is 18.9. The Balaban J connectivity index is 0.00000225. The monoisotopic (exact) mass is 504 g/mol. The molecule has 2 heterocycles. The molecule has 2 saturated heterocycles. The summed E-state index contributed by atoms with van der Waals surface area (Å²) in [6.45, 7) is 9.38. The molecule has 4 rings (SSSR count). The molecule has 162 valence electrons. The van der Waals surface area contributed by atoms with Gasteiger partial charge in [-0.25, -0.2) is 0 Å². The lowest BCUT2D eigenvalue weighted by Crippen LogP contribution is -2.68. The second-order valence-corrected chi connectivity index (χ2v) is 9.98. The molecule has 3 atom stereocenters. The quantitative estimate of drug-likeness (QED) is 0.349. The molecule has 0 aromatic heterocycles. The minimum absolute atomic E-state index is 0. The Bertz CT molecular complexity index is 527. The first-order valence-corrected chi connectivity index (χ1v) is 11.4. The van der Waals surface area contributed by atoms with E-state index < -0.39 is 0 Å². The molecule has 3 unspecified atom stereocenters. The van der Waals surface area contributed by atoms with Gasteiger partial charge in [-0.2, -0.15) is 0 Å². The van der Waals surface area contributed by atoms with Gasteiger partial charge in [0.05, 0.1) is 6.10 Å². The Hall–Kier alpha value is -0.0800. The van der Waals surface area contributed by atoms with E-state index in [0.29, 0.717) is 24.1 Å². The van der Waals surface area contributed by atoms with Crippen molar-refractivity contribution in [2.45, 2.75) is 83.4 Å². The molecule has 0 amide bonds. The van der Waals surface area contributed by atoms with Gasteiger partial charge >= 0.3 is 0 Å². The van der Waals surface area contributed by atoms with Crippen LogP contribution in [0.15, 0.2) is 4.99 Å². The predicted octanol–water partition coefficient (Wildman–Crippen LogP) is 3.63. The summed E-state index contributed by atoms with van der Waals surface area (Å²) in [6.07, 6.45) is 11.4. The molecule has 6 heteroatoms. The first kappa shape index (κ1) is 22.6. The molecular formula is C22H41IN4O. The van der Waals surface area contributed by atoms with Gasteiger partial charge in [-0.05, 0) is 38.0 Å². The number of halogens is 1. The van der Waals surface area contributed by atoms with Crippen LogP contribution in [0.1, 0.15) is 65.2 Å². The summed E-state index contributed by atoms with van der Waals surface area (Å²) in [7, 11) is 1.90. The lowest BCUT2D eigenvalue weighted by atomic mass is 9.57. The number of nitrogens with zero attached hydrogens (tertiary/aromatic N) is 2. The van der Waals surface area contributed by atoms with Crippen LogP contribution in [0.25, 0.3) is 0 Å². The normalized spacial score (nSPS) is 34.2. The second-order valence-electron chi connectivity index (χ2n) is 9.98. The highest BCUT2D eigenvalue weighted by atomic mass is 127. The molecule has 4 aliphatic rings. The maximum Gasteiger partial charge on any atom is 0.191 e. The maximum atomic E-state index is 5.93. The highest BCUT2D eigenvalue weighted by Gasteiger charge is 2.59. The third-order valence-corrected chi connectivity index (χ3v) is 7.79. The number of ether oxygens (including phenoxy) is 1. The van der Waals surface area contributed by atoms with Crippen molar-refractivity contribution in [3.63, 3.8) is 0 Å². The standard InChI is InChI=1S/C22H40N4O.HI/c1-22(2)19(18-11-14-27-20(18)22)25-21(23-3)24-17-9-12-26(13-10-17)15-16-7-5-4-6-8-16;/h16-20H,4-15H2,1-3H3,(H2,23,24,25);1H. The minimum Gasteiger partial charge on any atom is -0.377 e. The van der Waals surface area contributed by atoms with Gasteiger partial charge < -0.3 is 20.3 Å². The maximum absolute atomic E-state index is 5.93. The number of hydrogen-bond acceptors (Lipinski definition) is 3. The van der Waals surface area contributed by atoms with Crippen molar-refractivity contribution in [3.05, 3.63) is 0 Å². The molecule has 0 aromatic rings. The summed E-state index contributed by atoms with van der Waals surface area (Å²) >= 11 is 0. The van der Waals surface area contributed by atoms with E-state index in [1.54, 1.807) is 0 Å². The average Bonchev–Trinajstić information content (AvgIpc) is 3.14. The van der Waals surface area contributed by atoms with Gasteiger partial charge in [-0.1, -0.05) is 33.1 Å². The Kier molecular flexibility index (Phi) is 7.93. The van der Waals surface area contributed by atoms with Gasteiger partial charge in [0.1, 0.15) is 0 Å². The summed E-state index contributed by atoms with van der Waals surface area (Å²) in [5, 5.41) is 7.45. The molecule has 2 saturated carbocycles. The molecule has 2 aliphatic carbocycles. The van der Waals surface area contributed by atoms with E-state index in [-0.39, 0.29) is 29.4 Å². The summed E-state index contributed by atoms with van der Waals surface area (Å²) in [5.74, 6) is 2.60. The fraction of sp³-hybridized carbons (Fsp3) is 0.955. The van der Waals surface area contributed by atoms with E-state index >= 15 is 0 Å². The van der Waals surface area contributed by atoms with Crippen LogP contribution in [-0.4, -0.2) is 62.3 Å². The molecule has 0 bridgehead atoms. The van der Waals surface area contributed by atoms with Crippen LogP contribution >= 0.6 is 24.0 Å². The summed E-state index contributed by atoms with van der Waals surface area (Å²) in [5.41, 5.74) is 0.197.